The van der Waals surface area contributed by atoms with E-state index in [4.69, 9.17) is 17.3 Å². The van der Waals surface area contributed by atoms with E-state index < -0.39 is 0 Å². The number of carbonyl (C=O) groups excluding carboxylic acids is 1. The summed E-state index contributed by atoms with van der Waals surface area (Å²) in [5.41, 5.74) is 7.16. The lowest BCUT2D eigenvalue weighted by Gasteiger charge is -2.04. The number of aromatic nitrogens is 2. The second-order valence-corrected chi connectivity index (χ2v) is 6.97. The molecule has 0 aliphatic rings. The summed E-state index contributed by atoms with van der Waals surface area (Å²) < 4.78 is 1.81. The van der Waals surface area contributed by atoms with Crippen molar-refractivity contribution in [2.75, 3.05) is 13.1 Å². The Kier molecular flexibility index (Phi) is 5.18. The molecule has 24 heavy (non-hydrogen) atoms. The summed E-state index contributed by atoms with van der Waals surface area (Å²) in [6.45, 7) is 3.22. The minimum absolute atomic E-state index is 0.0571. The molecule has 3 aromatic rings. The summed E-state index contributed by atoms with van der Waals surface area (Å²) in [5.74, 6) is -0.0571. The molecule has 1 aromatic carbocycles. The largest absolute Gasteiger partial charge is 0.351 e. The van der Waals surface area contributed by atoms with Crippen molar-refractivity contribution in [2.24, 2.45) is 5.73 Å². The van der Waals surface area contributed by atoms with E-state index in [0.29, 0.717) is 23.0 Å². The molecule has 5 nitrogen and oxygen atoms in total. The van der Waals surface area contributed by atoms with Crippen molar-refractivity contribution in [3.63, 3.8) is 0 Å². The van der Waals surface area contributed by atoms with Crippen LogP contribution in [0.4, 0.5) is 0 Å². The van der Waals surface area contributed by atoms with E-state index in [0.717, 1.165) is 34.4 Å². The number of hydrogen-bond acceptors (Lipinski definition) is 4. The van der Waals surface area contributed by atoms with Crippen LogP contribution in [-0.4, -0.2) is 28.8 Å². The van der Waals surface area contributed by atoms with Crippen molar-refractivity contribution < 1.29 is 4.79 Å². The van der Waals surface area contributed by atoms with Gasteiger partial charge in [0.15, 0.2) is 0 Å². The normalized spacial score (nSPS) is 11.1. The number of fused-ring (bicyclic) bond motifs is 1. The third kappa shape index (κ3) is 3.31. The number of nitrogens with one attached hydrogen (secondary N) is 1. The molecular formula is C17H19ClN4OS. The Labute approximate surface area is 149 Å². The average molecular weight is 363 g/mol. The van der Waals surface area contributed by atoms with Gasteiger partial charge in [0.1, 0.15) is 4.83 Å². The maximum absolute atomic E-state index is 12.3. The predicted molar refractivity (Wildman–Crippen MR) is 99.3 cm³/mol. The molecule has 2 heterocycles. The summed E-state index contributed by atoms with van der Waals surface area (Å²) in [6.07, 6.45) is 1.80. The first-order valence-electron chi connectivity index (χ1n) is 7.84. The topological polar surface area (TPSA) is 72.9 Å². The van der Waals surface area contributed by atoms with Crippen molar-refractivity contribution in [1.82, 2.24) is 15.1 Å². The van der Waals surface area contributed by atoms with E-state index in [1.165, 1.54) is 11.3 Å². The SMILES string of the molecule is Cc1nn(-c2ccccc2Cl)c2sc(C(=O)NCCCCN)cc12. The number of halogens is 1. The molecule has 3 N–H and O–H groups in total. The first-order valence-corrected chi connectivity index (χ1v) is 9.03. The summed E-state index contributed by atoms with van der Waals surface area (Å²) in [5, 5.41) is 9.11. The zero-order chi connectivity index (χ0) is 17.1. The number of amides is 1. The third-order valence-corrected chi connectivity index (χ3v) is 5.19. The van der Waals surface area contributed by atoms with Crippen LogP contribution in [0.25, 0.3) is 15.9 Å². The van der Waals surface area contributed by atoms with Gasteiger partial charge in [-0.2, -0.15) is 5.10 Å². The molecule has 0 spiro atoms. The van der Waals surface area contributed by atoms with Crippen LogP contribution in [0.3, 0.4) is 0 Å². The number of aryl methyl sites for hydroxylation is 1. The molecule has 2 aromatic heterocycles. The number of para-hydroxylation sites is 1. The number of thiophene rings is 1. The second-order valence-electron chi connectivity index (χ2n) is 5.53. The Morgan fingerprint density at radius 1 is 1.38 bits per heavy atom. The predicted octanol–water partition coefficient (Wildman–Crippen LogP) is 3.52. The smallest absolute Gasteiger partial charge is 0.261 e. The highest BCUT2D eigenvalue weighted by molar-refractivity contribution is 7.20. The minimum atomic E-state index is -0.0571. The molecule has 0 aliphatic carbocycles. The fraction of sp³-hybridized carbons (Fsp3) is 0.294. The van der Waals surface area contributed by atoms with Crippen LogP contribution in [-0.2, 0) is 0 Å². The van der Waals surface area contributed by atoms with E-state index >= 15 is 0 Å². The lowest BCUT2D eigenvalue weighted by Crippen LogP contribution is -2.24. The molecule has 1 amide bonds. The van der Waals surface area contributed by atoms with Gasteiger partial charge in [-0.3, -0.25) is 4.79 Å². The van der Waals surface area contributed by atoms with Crippen molar-refractivity contribution in [2.45, 2.75) is 19.8 Å². The Balaban J connectivity index is 1.90. The van der Waals surface area contributed by atoms with Crippen LogP contribution in [0, 0.1) is 6.92 Å². The van der Waals surface area contributed by atoms with Gasteiger partial charge in [-0.1, -0.05) is 23.7 Å². The Hall–Kier alpha value is -1.89. The number of unbranched alkanes of at least 4 members (excludes halogenated alkanes) is 1. The van der Waals surface area contributed by atoms with Gasteiger partial charge >= 0.3 is 0 Å². The highest BCUT2D eigenvalue weighted by atomic mass is 35.5. The maximum Gasteiger partial charge on any atom is 0.261 e. The van der Waals surface area contributed by atoms with E-state index in [-0.39, 0.29) is 5.91 Å². The quantitative estimate of drug-likeness (QED) is 0.659. The summed E-state index contributed by atoms with van der Waals surface area (Å²) in [4.78, 5) is 13.9. The highest BCUT2D eigenvalue weighted by Gasteiger charge is 2.17. The third-order valence-electron chi connectivity index (χ3n) is 3.77. The van der Waals surface area contributed by atoms with Crippen molar-refractivity contribution in [1.29, 1.82) is 0 Å². The number of hydrogen-bond donors (Lipinski definition) is 2. The molecular weight excluding hydrogens is 344 g/mol. The highest BCUT2D eigenvalue weighted by Crippen LogP contribution is 2.32. The Bertz CT molecular complexity index is 871. The molecule has 0 saturated heterocycles. The summed E-state index contributed by atoms with van der Waals surface area (Å²) in [6, 6.07) is 9.45. The Morgan fingerprint density at radius 2 is 2.17 bits per heavy atom. The number of nitrogens with zero attached hydrogens (tertiary/aromatic N) is 2. The lowest BCUT2D eigenvalue weighted by atomic mass is 10.3. The first-order chi connectivity index (χ1) is 11.6. The monoisotopic (exact) mass is 362 g/mol. The van der Waals surface area contributed by atoms with Crippen LogP contribution >= 0.6 is 22.9 Å². The molecule has 3 rings (SSSR count). The van der Waals surface area contributed by atoms with Gasteiger partial charge in [0.05, 0.1) is 21.3 Å². The van der Waals surface area contributed by atoms with Gasteiger partial charge in [-0.15, -0.1) is 11.3 Å². The summed E-state index contributed by atoms with van der Waals surface area (Å²) >= 11 is 7.72. The van der Waals surface area contributed by atoms with Crippen LogP contribution in [0.15, 0.2) is 30.3 Å². The van der Waals surface area contributed by atoms with Crippen molar-refractivity contribution >= 4 is 39.1 Å². The van der Waals surface area contributed by atoms with Crippen molar-refractivity contribution in [3.05, 3.63) is 45.9 Å². The molecule has 0 bridgehead atoms. The number of carbonyl (C=O) groups is 1. The van der Waals surface area contributed by atoms with E-state index in [9.17, 15) is 4.79 Å². The van der Waals surface area contributed by atoms with Gasteiger partial charge in [-0.25, -0.2) is 4.68 Å². The minimum Gasteiger partial charge on any atom is -0.351 e. The molecule has 0 unspecified atom stereocenters. The van der Waals surface area contributed by atoms with Crippen LogP contribution in [0.2, 0.25) is 5.02 Å². The zero-order valence-corrected chi connectivity index (χ0v) is 15.0. The molecule has 0 aliphatic heterocycles. The fourth-order valence-corrected chi connectivity index (χ4v) is 3.81. The lowest BCUT2D eigenvalue weighted by molar-refractivity contribution is 0.0957. The van der Waals surface area contributed by atoms with E-state index in [1.54, 1.807) is 0 Å². The van der Waals surface area contributed by atoms with Crippen LogP contribution in [0.1, 0.15) is 28.2 Å². The molecule has 0 fully saturated rings. The van der Waals surface area contributed by atoms with Crippen molar-refractivity contribution in [3.8, 4) is 5.69 Å². The van der Waals surface area contributed by atoms with E-state index in [2.05, 4.69) is 10.4 Å². The van der Waals surface area contributed by atoms with Gasteiger partial charge in [0.2, 0.25) is 0 Å². The number of nitrogens with two attached hydrogens (primary N) is 1. The maximum atomic E-state index is 12.3. The summed E-state index contributed by atoms with van der Waals surface area (Å²) in [7, 11) is 0. The standard InChI is InChI=1S/C17H19ClN4OS/c1-11-12-10-15(16(23)20-9-5-4-8-19)24-17(12)22(21-11)14-7-3-2-6-13(14)18/h2-3,6-7,10H,4-5,8-9,19H2,1H3,(H,20,23). The van der Waals surface area contributed by atoms with Crippen LogP contribution in [0.5, 0.6) is 0 Å². The molecule has 7 heteroatoms. The number of rotatable bonds is 6. The average Bonchev–Trinajstić information content (AvgIpc) is 3.13. The van der Waals surface area contributed by atoms with E-state index in [1.807, 2.05) is 41.9 Å². The van der Waals surface area contributed by atoms with Gasteiger partial charge in [0.25, 0.3) is 5.91 Å². The Morgan fingerprint density at radius 3 is 2.92 bits per heavy atom. The second kappa shape index (κ2) is 7.34. The molecule has 126 valence electrons. The molecule has 0 atom stereocenters. The number of benzene rings is 1. The van der Waals surface area contributed by atoms with Gasteiger partial charge < -0.3 is 11.1 Å². The van der Waals surface area contributed by atoms with Crippen LogP contribution < -0.4 is 11.1 Å². The van der Waals surface area contributed by atoms with Gasteiger partial charge in [0, 0.05) is 11.9 Å². The zero-order valence-electron chi connectivity index (χ0n) is 13.4. The first kappa shape index (κ1) is 17.0. The molecule has 0 saturated carbocycles. The van der Waals surface area contributed by atoms with Gasteiger partial charge in [-0.05, 0) is 44.5 Å². The fourth-order valence-electron chi connectivity index (χ4n) is 2.50. The molecule has 0 radical (unpaired) electrons.